The summed E-state index contributed by atoms with van der Waals surface area (Å²) in [4.78, 5) is 20.7. The second kappa shape index (κ2) is 2.23. The molecule has 1 fully saturated rings. The topological polar surface area (TPSA) is 49.4 Å². The zero-order chi connectivity index (χ0) is 6.85. The molecule has 0 bridgehead atoms. The molecule has 0 radical (unpaired) electrons. The summed E-state index contributed by atoms with van der Waals surface area (Å²) in [5.41, 5.74) is 2.27. The Hall–Kier alpha value is -0.770. The SMILES string of the molecule is O=C1CCN(C(=O)Cl)N1. The maximum Gasteiger partial charge on any atom is 0.334 e. The maximum atomic E-state index is 10.4. The lowest BCUT2D eigenvalue weighted by molar-refractivity contribution is -0.120. The number of nitrogens with one attached hydrogen (secondary N) is 1. The maximum absolute atomic E-state index is 10.4. The highest BCUT2D eigenvalue weighted by Gasteiger charge is 2.20. The predicted molar refractivity (Wildman–Crippen MR) is 30.7 cm³/mol. The van der Waals surface area contributed by atoms with Gasteiger partial charge in [0, 0.05) is 6.42 Å². The van der Waals surface area contributed by atoms with E-state index < -0.39 is 5.37 Å². The zero-order valence-corrected chi connectivity index (χ0v) is 5.31. The van der Waals surface area contributed by atoms with E-state index in [9.17, 15) is 9.59 Å². The summed E-state index contributed by atoms with van der Waals surface area (Å²) >= 11 is 5.02. The van der Waals surface area contributed by atoms with E-state index in [0.29, 0.717) is 13.0 Å². The molecule has 0 aromatic heterocycles. The molecule has 0 aromatic carbocycles. The minimum Gasteiger partial charge on any atom is -0.273 e. The van der Waals surface area contributed by atoms with Crippen LogP contribution in [0.15, 0.2) is 0 Å². The Kier molecular flexibility index (Phi) is 1.57. The largest absolute Gasteiger partial charge is 0.334 e. The van der Waals surface area contributed by atoms with Crippen molar-refractivity contribution in [2.45, 2.75) is 6.42 Å². The number of carbonyl (C=O) groups excluding carboxylic acids is 2. The molecular weight excluding hydrogens is 144 g/mol. The Labute approximate surface area is 56.7 Å². The number of carbonyl (C=O) groups is 2. The van der Waals surface area contributed by atoms with Gasteiger partial charge in [0.2, 0.25) is 5.91 Å². The van der Waals surface area contributed by atoms with E-state index >= 15 is 0 Å². The Morgan fingerprint density at radius 3 is 2.67 bits per heavy atom. The van der Waals surface area contributed by atoms with Crippen molar-refractivity contribution >= 4 is 22.9 Å². The van der Waals surface area contributed by atoms with Gasteiger partial charge in [0.1, 0.15) is 0 Å². The van der Waals surface area contributed by atoms with Crippen LogP contribution >= 0.6 is 11.6 Å². The van der Waals surface area contributed by atoms with Gasteiger partial charge in [-0.3, -0.25) is 15.0 Å². The number of hydrogen-bond acceptors (Lipinski definition) is 2. The second-order valence-electron chi connectivity index (χ2n) is 1.69. The van der Waals surface area contributed by atoms with E-state index in [1.807, 2.05) is 0 Å². The van der Waals surface area contributed by atoms with Gasteiger partial charge in [-0.2, -0.15) is 0 Å². The lowest BCUT2D eigenvalue weighted by Crippen LogP contribution is -2.34. The lowest BCUT2D eigenvalue weighted by Gasteiger charge is -2.08. The van der Waals surface area contributed by atoms with E-state index in [1.165, 1.54) is 0 Å². The van der Waals surface area contributed by atoms with E-state index in [0.717, 1.165) is 5.01 Å². The molecule has 1 aliphatic heterocycles. The Morgan fingerprint density at radius 2 is 2.44 bits per heavy atom. The summed E-state index contributed by atoms with van der Waals surface area (Å²) in [6.07, 6.45) is 0.346. The van der Waals surface area contributed by atoms with E-state index in [2.05, 4.69) is 5.43 Å². The number of amides is 2. The minimum atomic E-state index is -0.638. The molecule has 1 saturated heterocycles. The van der Waals surface area contributed by atoms with Crippen LogP contribution in [-0.4, -0.2) is 22.8 Å². The minimum absolute atomic E-state index is 0.163. The van der Waals surface area contributed by atoms with Gasteiger partial charge in [0.25, 0.3) is 0 Å². The van der Waals surface area contributed by atoms with Crippen molar-refractivity contribution in [3.05, 3.63) is 0 Å². The van der Waals surface area contributed by atoms with Crippen LogP contribution < -0.4 is 5.43 Å². The van der Waals surface area contributed by atoms with Crippen LogP contribution in [0, 0.1) is 0 Å². The van der Waals surface area contributed by atoms with Gasteiger partial charge in [-0.15, -0.1) is 0 Å². The van der Waals surface area contributed by atoms with E-state index in [-0.39, 0.29) is 5.91 Å². The van der Waals surface area contributed by atoms with Crippen LogP contribution in [0.2, 0.25) is 0 Å². The normalized spacial score (nSPS) is 17.9. The van der Waals surface area contributed by atoms with Crippen molar-refractivity contribution < 1.29 is 9.59 Å². The highest BCUT2D eigenvalue weighted by molar-refractivity contribution is 6.62. The number of hydrogen-bond donors (Lipinski definition) is 1. The zero-order valence-electron chi connectivity index (χ0n) is 4.56. The van der Waals surface area contributed by atoms with Gasteiger partial charge in [-0.05, 0) is 11.6 Å². The first kappa shape index (κ1) is 6.35. The summed E-state index contributed by atoms with van der Waals surface area (Å²) in [5, 5.41) is 0.435. The van der Waals surface area contributed by atoms with Crippen LogP contribution in [0.1, 0.15) is 6.42 Å². The van der Waals surface area contributed by atoms with Gasteiger partial charge in [-0.25, -0.2) is 5.01 Å². The molecule has 0 unspecified atom stereocenters. The summed E-state index contributed by atoms with van der Waals surface area (Å²) in [5.74, 6) is -0.163. The van der Waals surface area contributed by atoms with Gasteiger partial charge in [0.15, 0.2) is 0 Å². The van der Waals surface area contributed by atoms with E-state index in [4.69, 9.17) is 11.6 Å². The average molecular weight is 149 g/mol. The Balaban J connectivity index is 2.48. The van der Waals surface area contributed by atoms with Gasteiger partial charge >= 0.3 is 5.37 Å². The van der Waals surface area contributed by atoms with Gasteiger partial charge in [0.05, 0.1) is 6.54 Å². The van der Waals surface area contributed by atoms with Crippen molar-refractivity contribution in [2.24, 2.45) is 0 Å². The molecule has 50 valence electrons. The first-order valence-corrected chi connectivity index (χ1v) is 2.84. The molecular formula is C4H5ClN2O2. The molecule has 0 saturated carbocycles. The first-order chi connectivity index (χ1) is 4.20. The van der Waals surface area contributed by atoms with Crippen LogP contribution in [-0.2, 0) is 4.79 Å². The molecule has 0 atom stereocenters. The van der Waals surface area contributed by atoms with Gasteiger partial charge < -0.3 is 0 Å². The first-order valence-electron chi connectivity index (χ1n) is 2.46. The highest BCUT2D eigenvalue weighted by atomic mass is 35.5. The summed E-state index contributed by atoms with van der Waals surface area (Å²) < 4.78 is 0. The van der Waals surface area contributed by atoms with Crippen molar-refractivity contribution in [1.82, 2.24) is 10.4 Å². The van der Waals surface area contributed by atoms with Crippen molar-refractivity contribution in [3.8, 4) is 0 Å². The third-order valence-corrected chi connectivity index (χ3v) is 1.24. The van der Waals surface area contributed by atoms with Crippen LogP contribution in [0.25, 0.3) is 0 Å². The Bertz CT molecular complexity index is 159. The van der Waals surface area contributed by atoms with Crippen molar-refractivity contribution in [3.63, 3.8) is 0 Å². The van der Waals surface area contributed by atoms with Crippen molar-refractivity contribution in [2.75, 3.05) is 6.54 Å². The fourth-order valence-corrected chi connectivity index (χ4v) is 0.734. The lowest BCUT2D eigenvalue weighted by atomic mass is 10.4. The fourth-order valence-electron chi connectivity index (χ4n) is 0.608. The van der Waals surface area contributed by atoms with Crippen LogP contribution in [0.4, 0.5) is 4.79 Å². The van der Waals surface area contributed by atoms with E-state index in [1.54, 1.807) is 0 Å². The highest BCUT2D eigenvalue weighted by Crippen LogP contribution is 2.00. The molecule has 0 spiro atoms. The summed E-state index contributed by atoms with van der Waals surface area (Å²) in [6, 6.07) is 0. The number of halogens is 1. The van der Waals surface area contributed by atoms with Crippen LogP contribution in [0.5, 0.6) is 0 Å². The molecule has 2 amide bonds. The average Bonchev–Trinajstić information content (AvgIpc) is 2.14. The molecule has 1 aliphatic rings. The van der Waals surface area contributed by atoms with Crippen molar-refractivity contribution in [1.29, 1.82) is 0 Å². The molecule has 1 rings (SSSR count). The standard InChI is InChI=1S/C4H5ClN2O2/c5-4(9)7-2-1-3(8)6-7/h1-2H2,(H,6,8). The summed E-state index contributed by atoms with van der Waals surface area (Å²) in [6.45, 7) is 0.376. The molecule has 0 aromatic rings. The molecule has 1 heterocycles. The molecule has 4 nitrogen and oxygen atoms in total. The molecule has 5 heteroatoms. The molecule has 1 N–H and O–H groups in total. The summed E-state index contributed by atoms with van der Waals surface area (Å²) in [7, 11) is 0. The number of rotatable bonds is 0. The number of hydrazine groups is 1. The third-order valence-electron chi connectivity index (χ3n) is 1.03. The fraction of sp³-hybridized carbons (Fsp3) is 0.500. The second-order valence-corrected chi connectivity index (χ2v) is 2.01. The number of nitrogens with zero attached hydrogens (tertiary/aromatic N) is 1. The van der Waals surface area contributed by atoms with Gasteiger partial charge in [-0.1, -0.05) is 0 Å². The monoisotopic (exact) mass is 148 g/mol. The third kappa shape index (κ3) is 1.32. The predicted octanol–water partition coefficient (Wildman–Crippen LogP) is 0.0821. The Morgan fingerprint density at radius 1 is 1.78 bits per heavy atom. The van der Waals surface area contributed by atoms with Crippen LogP contribution in [0.3, 0.4) is 0 Å². The quantitative estimate of drug-likeness (QED) is 0.391. The molecule has 9 heavy (non-hydrogen) atoms. The smallest absolute Gasteiger partial charge is 0.273 e. The molecule has 0 aliphatic carbocycles.